The van der Waals surface area contributed by atoms with E-state index < -0.39 is 0 Å². The molecule has 0 unspecified atom stereocenters. The summed E-state index contributed by atoms with van der Waals surface area (Å²) in [5, 5.41) is 2.93. The summed E-state index contributed by atoms with van der Waals surface area (Å²) in [6.07, 6.45) is 1.74. The van der Waals surface area contributed by atoms with Crippen LogP contribution in [0.15, 0.2) is 60.7 Å². The van der Waals surface area contributed by atoms with Gasteiger partial charge in [-0.25, -0.2) is 4.98 Å². The number of hydrogen-bond acceptors (Lipinski definition) is 3. The summed E-state index contributed by atoms with van der Waals surface area (Å²) >= 11 is 0. The van der Waals surface area contributed by atoms with Crippen molar-refractivity contribution in [3.63, 3.8) is 0 Å². The van der Waals surface area contributed by atoms with E-state index in [2.05, 4.69) is 52.8 Å². The quantitative estimate of drug-likeness (QED) is 0.413. The summed E-state index contributed by atoms with van der Waals surface area (Å²) in [7, 11) is 1.66. The molecule has 0 aliphatic heterocycles. The van der Waals surface area contributed by atoms with Gasteiger partial charge in [0.2, 0.25) is 0 Å². The van der Waals surface area contributed by atoms with Gasteiger partial charge >= 0.3 is 0 Å². The zero-order chi connectivity index (χ0) is 20.5. The molecule has 1 heterocycles. The molecule has 150 valence electrons. The Kier molecular flexibility index (Phi) is 4.81. The number of amides is 1. The lowest BCUT2D eigenvalue weighted by Gasteiger charge is -2.07. The Morgan fingerprint density at radius 3 is 2.80 bits per heavy atom. The number of hydrogen-bond donors (Lipinski definition) is 2. The number of carbonyl (C=O) groups is 1. The molecule has 4 aromatic rings. The van der Waals surface area contributed by atoms with Crippen molar-refractivity contribution in [2.45, 2.75) is 12.8 Å². The Morgan fingerprint density at radius 2 is 1.90 bits per heavy atom. The van der Waals surface area contributed by atoms with Crippen LogP contribution in [0.5, 0.6) is 0 Å². The van der Waals surface area contributed by atoms with Gasteiger partial charge in [0.05, 0.1) is 11.0 Å². The van der Waals surface area contributed by atoms with Gasteiger partial charge in [-0.05, 0) is 53.3 Å². The number of H-pyrrole nitrogens is 1. The zero-order valence-electron chi connectivity index (χ0n) is 16.9. The van der Waals surface area contributed by atoms with Gasteiger partial charge in [0.1, 0.15) is 5.82 Å². The average molecular weight is 397 g/mol. The van der Waals surface area contributed by atoms with Crippen molar-refractivity contribution in [3.8, 4) is 22.5 Å². The molecule has 30 heavy (non-hydrogen) atoms. The third-order valence-corrected chi connectivity index (χ3v) is 5.63. The van der Waals surface area contributed by atoms with Crippen molar-refractivity contribution in [1.82, 2.24) is 15.3 Å². The summed E-state index contributed by atoms with van der Waals surface area (Å²) < 4.78 is 5.02. The van der Waals surface area contributed by atoms with E-state index >= 15 is 0 Å². The molecule has 1 aliphatic rings. The van der Waals surface area contributed by atoms with Gasteiger partial charge in [-0.1, -0.05) is 42.5 Å². The summed E-state index contributed by atoms with van der Waals surface area (Å²) in [5.41, 5.74) is 8.64. The fraction of sp³-hybridized carbons (Fsp3) is 0.200. The number of methoxy groups -OCH3 is 1. The molecular weight excluding hydrogens is 374 g/mol. The van der Waals surface area contributed by atoms with E-state index in [0.29, 0.717) is 18.7 Å². The van der Waals surface area contributed by atoms with Gasteiger partial charge in [0.15, 0.2) is 0 Å². The molecule has 1 amide bonds. The second-order valence-electron chi connectivity index (χ2n) is 7.59. The summed E-state index contributed by atoms with van der Waals surface area (Å²) in [6, 6.07) is 20.5. The molecular formula is C25H23N3O2. The molecule has 5 rings (SSSR count). The standard InChI is InChI=1S/C25H23N3O2/c1-30-13-5-12-26-25(29)18-10-11-21-22(15-18)28-24(27-21)20-9-4-7-17-14-16-6-2-3-8-19(16)23(17)20/h2-4,6-11,15H,5,12-14H2,1H3,(H,26,29)(H,27,28). The number of rotatable bonds is 6. The van der Waals surface area contributed by atoms with Crippen LogP contribution in [0.1, 0.15) is 27.9 Å². The minimum atomic E-state index is -0.0846. The Hall–Kier alpha value is -3.44. The number of fused-ring (bicyclic) bond motifs is 4. The fourth-order valence-corrected chi connectivity index (χ4v) is 4.19. The Morgan fingerprint density at radius 1 is 1.07 bits per heavy atom. The Balaban J connectivity index is 1.48. The third kappa shape index (κ3) is 3.27. The highest BCUT2D eigenvalue weighted by molar-refractivity contribution is 5.98. The number of aromatic nitrogens is 2. The van der Waals surface area contributed by atoms with E-state index in [0.717, 1.165) is 35.3 Å². The Bertz CT molecular complexity index is 1240. The first-order valence-corrected chi connectivity index (χ1v) is 10.2. The largest absolute Gasteiger partial charge is 0.385 e. The third-order valence-electron chi connectivity index (χ3n) is 5.63. The second kappa shape index (κ2) is 7.76. The van der Waals surface area contributed by atoms with Gasteiger partial charge in [-0.3, -0.25) is 4.79 Å². The van der Waals surface area contributed by atoms with Gasteiger partial charge < -0.3 is 15.0 Å². The fourth-order valence-electron chi connectivity index (χ4n) is 4.19. The van der Waals surface area contributed by atoms with Crippen LogP contribution >= 0.6 is 0 Å². The van der Waals surface area contributed by atoms with E-state index in [1.807, 2.05) is 18.2 Å². The molecule has 5 heteroatoms. The molecule has 0 radical (unpaired) electrons. The molecule has 0 spiro atoms. The molecule has 2 N–H and O–H groups in total. The molecule has 0 bridgehead atoms. The number of aromatic amines is 1. The highest BCUT2D eigenvalue weighted by Crippen LogP contribution is 2.42. The smallest absolute Gasteiger partial charge is 0.251 e. The number of carbonyl (C=O) groups excluding carboxylic acids is 1. The topological polar surface area (TPSA) is 67.0 Å². The van der Waals surface area contributed by atoms with Gasteiger partial charge in [0.25, 0.3) is 5.91 Å². The van der Waals surface area contributed by atoms with E-state index in [9.17, 15) is 4.79 Å². The van der Waals surface area contributed by atoms with Crippen molar-refractivity contribution in [2.75, 3.05) is 20.3 Å². The van der Waals surface area contributed by atoms with Gasteiger partial charge in [-0.15, -0.1) is 0 Å². The molecule has 0 fully saturated rings. The van der Waals surface area contributed by atoms with Crippen molar-refractivity contribution in [3.05, 3.63) is 77.4 Å². The maximum absolute atomic E-state index is 12.4. The molecule has 3 aromatic carbocycles. The van der Waals surface area contributed by atoms with Crippen LogP contribution in [0.2, 0.25) is 0 Å². The lowest BCUT2D eigenvalue weighted by atomic mass is 9.99. The minimum absolute atomic E-state index is 0.0846. The van der Waals surface area contributed by atoms with Crippen LogP contribution in [-0.4, -0.2) is 36.1 Å². The summed E-state index contributed by atoms with van der Waals surface area (Å²) in [5.74, 6) is 0.745. The van der Waals surface area contributed by atoms with Crippen molar-refractivity contribution in [1.29, 1.82) is 0 Å². The van der Waals surface area contributed by atoms with Crippen molar-refractivity contribution in [2.24, 2.45) is 0 Å². The molecule has 0 atom stereocenters. The van der Waals surface area contributed by atoms with Crippen molar-refractivity contribution < 1.29 is 9.53 Å². The van der Waals surface area contributed by atoms with Crippen LogP contribution in [0.4, 0.5) is 0 Å². The van der Waals surface area contributed by atoms with Crippen LogP contribution < -0.4 is 5.32 Å². The van der Waals surface area contributed by atoms with Crippen molar-refractivity contribution >= 4 is 16.9 Å². The lowest BCUT2D eigenvalue weighted by molar-refractivity contribution is 0.0948. The van der Waals surface area contributed by atoms with Crippen LogP contribution in [-0.2, 0) is 11.2 Å². The Labute approximate surface area is 175 Å². The minimum Gasteiger partial charge on any atom is -0.385 e. The number of imidazole rings is 1. The van der Waals surface area contributed by atoms with Crippen LogP contribution in [0.25, 0.3) is 33.5 Å². The maximum Gasteiger partial charge on any atom is 0.251 e. The highest BCUT2D eigenvalue weighted by Gasteiger charge is 2.22. The lowest BCUT2D eigenvalue weighted by Crippen LogP contribution is -2.25. The summed E-state index contributed by atoms with van der Waals surface area (Å²) in [6.45, 7) is 1.22. The second-order valence-corrected chi connectivity index (χ2v) is 7.59. The normalized spacial score (nSPS) is 12.0. The SMILES string of the molecule is COCCCNC(=O)c1ccc2nc(-c3cccc4c3-c3ccccc3C4)[nH]c2c1. The first-order valence-electron chi connectivity index (χ1n) is 10.2. The maximum atomic E-state index is 12.4. The molecule has 5 nitrogen and oxygen atoms in total. The molecule has 0 saturated carbocycles. The number of benzene rings is 3. The first kappa shape index (κ1) is 18.6. The molecule has 1 aliphatic carbocycles. The predicted octanol–water partition coefficient (Wildman–Crippen LogP) is 4.57. The van der Waals surface area contributed by atoms with Crippen LogP contribution in [0.3, 0.4) is 0 Å². The van der Waals surface area contributed by atoms with Gasteiger partial charge in [-0.2, -0.15) is 0 Å². The summed E-state index contributed by atoms with van der Waals surface area (Å²) in [4.78, 5) is 20.7. The van der Waals surface area contributed by atoms with E-state index in [-0.39, 0.29) is 5.91 Å². The number of nitrogens with one attached hydrogen (secondary N) is 2. The molecule has 1 aromatic heterocycles. The molecule has 0 saturated heterocycles. The number of ether oxygens (including phenoxy) is 1. The average Bonchev–Trinajstić information content (AvgIpc) is 3.37. The van der Waals surface area contributed by atoms with Gasteiger partial charge in [0, 0.05) is 31.4 Å². The highest BCUT2D eigenvalue weighted by atomic mass is 16.5. The zero-order valence-corrected chi connectivity index (χ0v) is 16.9. The predicted molar refractivity (Wildman–Crippen MR) is 119 cm³/mol. The van der Waals surface area contributed by atoms with E-state index in [1.165, 1.54) is 22.3 Å². The monoisotopic (exact) mass is 397 g/mol. The van der Waals surface area contributed by atoms with E-state index in [4.69, 9.17) is 9.72 Å². The first-order chi connectivity index (χ1) is 14.7. The number of nitrogens with zero attached hydrogens (tertiary/aromatic N) is 1. The van der Waals surface area contributed by atoms with Crippen LogP contribution in [0, 0.1) is 0 Å². The van der Waals surface area contributed by atoms with E-state index in [1.54, 1.807) is 7.11 Å².